The maximum atomic E-state index is 5.49. The predicted octanol–water partition coefficient (Wildman–Crippen LogP) is 3.95. The van der Waals surface area contributed by atoms with Crippen molar-refractivity contribution in [1.29, 1.82) is 0 Å². The van der Waals surface area contributed by atoms with Crippen molar-refractivity contribution >= 4 is 17.4 Å². The van der Waals surface area contributed by atoms with Crippen molar-refractivity contribution in [2.24, 2.45) is 5.92 Å². The van der Waals surface area contributed by atoms with E-state index in [1.807, 2.05) is 24.4 Å². The number of nitrogens with zero attached hydrogens (tertiary/aromatic N) is 3. The zero-order chi connectivity index (χ0) is 17.8. The molecule has 0 saturated heterocycles. The molecule has 0 fully saturated rings. The lowest BCUT2D eigenvalue weighted by atomic mass is 10.0. The van der Waals surface area contributed by atoms with Crippen LogP contribution in [-0.4, -0.2) is 28.0 Å². The normalized spacial score (nSPS) is 12.7. The van der Waals surface area contributed by atoms with Gasteiger partial charge < -0.3 is 10.1 Å². The Morgan fingerprint density at radius 1 is 1.20 bits per heavy atom. The highest BCUT2D eigenvalue weighted by Gasteiger charge is 2.21. The van der Waals surface area contributed by atoms with Gasteiger partial charge in [0, 0.05) is 17.6 Å². The molecule has 132 valence electrons. The first-order valence-electron chi connectivity index (χ1n) is 8.38. The third kappa shape index (κ3) is 3.80. The van der Waals surface area contributed by atoms with E-state index in [0.29, 0.717) is 5.92 Å². The number of hydrogen-bond acceptors (Lipinski definition) is 5. The summed E-state index contributed by atoms with van der Waals surface area (Å²) in [4.78, 5) is 1.15. The van der Waals surface area contributed by atoms with E-state index in [4.69, 9.17) is 4.74 Å². The van der Waals surface area contributed by atoms with Crippen LogP contribution in [0.5, 0.6) is 5.75 Å². The zero-order valence-corrected chi connectivity index (χ0v) is 15.9. The molecule has 6 heteroatoms. The van der Waals surface area contributed by atoms with Gasteiger partial charge >= 0.3 is 0 Å². The number of aromatic nitrogens is 3. The smallest absolute Gasteiger partial charge is 0.160 e. The lowest BCUT2D eigenvalue weighted by Gasteiger charge is -2.21. The number of fused-ring (bicyclic) bond motifs is 1. The molecule has 25 heavy (non-hydrogen) atoms. The summed E-state index contributed by atoms with van der Waals surface area (Å²) >= 11 is 1.69. The summed E-state index contributed by atoms with van der Waals surface area (Å²) in [6.07, 6.45) is 4.07. The van der Waals surface area contributed by atoms with Gasteiger partial charge in [-0.1, -0.05) is 26.0 Å². The van der Waals surface area contributed by atoms with E-state index in [1.54, 1.807) is 18.9 Å². The fourth-order valence-electron chi connectivity index (χ4n) is 2.92. The number of nitrogens with one attached hydrogen (secondary N) is 1. The average Bonchev–Trinajstić information content (AvgIpc) is 3.05. The molecule has 2 aromatic heterocycles. The van der Waals surface area contributed by atoms with E-state index < -0.39 is 0 Å². The van der Waals surface area contributed by atoms with Gasteiger partial charge in [0.1, 0.15) is 5.75 Å². The van der Waals surface area contributed by atoms with Crippen LogP contribution in [0.25, 0.3) is 5.65 Å². The molecule has 3 rings (SSSR count). The molecule has 1 atom stereocenters. The molecule has 0 saturated carbocycles. The number of ether oxygens (including phenoxy) is 1. The molecule has 0 aliphatic rings. The van der Waals surface area contributed by atoms with Crippen LogP contribution in [0.15, 0.2) is 47.5 Å². The Morgan fingerprint density at radius 3 is 2.76 bits per heavy atom. The third-order valence-electron chi connectivity index (χ3n) is 4.26. The van der Waals surface area contributed by atoms with Crippen molar-refractivity contribution in [3.05, 3.63) is 54.0 Å². The van der Waals surface area contributed by atoms with Gasteiger partial charge in [0.25, 0.3) is 0 Å². The minimum atomic E-state index is 0.114. The van der Waals surface area contributed by atoms with E-state index in [1.165, 1.54) is 5.56 Å². The fourth-order valence-corrected chi connectivity index (χ4v) is 3.46. The molecule has 3 aromatic rings. The van der Waals surface area contributed by atoms with Gasteiger partial charge in [0.2, 0.25) is 0 Å². The van der Waals surface area contributed by atoms with Crippen molar-refractivity contribution in [3.8, 4) is 5.75 Å². The zero-order valence-electron chi connectivity index (χ0n) is 15.1. The van der Waals surface area contributed by atoms with Crippen LogP contribution in [0.1, 0.15) is 31.3 Å². The Balaban J connectivity index is 1.81. The highest BCUT2D eigenvalue weighted by Crippen LogP contribution is 2.29. The molecule has 0 spiro atoms. The second kappa shape index (κ2) is 7.89. The van der Waals surface area contributed by atoms with Crippen LogP contribution in [0.3, 0.4) is 0 Å². The number of benzene rings is 1. The Kier molecular flexibility index (Phi) is 5.60. The minimum absolute atomic E-state index is 0.114. The maximum absolute atomic E-state index is 5.49. The molecular weight excluding hydrogens is 332 g/mol. The quantitative estimate of drug-likeness (QED) is 0.650. The van der Waals surface area contributed by atoms with Crippen molar-refractivity contribution < 1.29 is 4.74 Å². The summed E-state index contributed by atoms with van der Waals surface area (Å²) < 4.78 is 7.54. The lowest BCUT2D eigenvalue weighted by molar-refractivity contribution is 0.387. The second-order valence-corrected chi connectivity index (χ2v) is 7.13. The largest absolute Gasteiger partial charge is 0.496 e. The Morgan fingerprint density at radius 2 is 2.04 bits per heavy atom. The Hall–Kier alpha value is -2.05. The molecule has 0 amide bonds. The summed E-state index contributed by atoms with van der Waals surface area (Å²) in [6, 6.07) is 12.4. The van der Waals surface area contributed by atoms with Gasteiger partial charge in [0.15, 0.2) is 11.5 Å². The number of pyridine rings is 1. The molecule has 0 bridgehead atoms. The molecule has 1 N–H and O–H groups in total. The van der Waals surface area contributed by atoms with Crippen molar-refractivity contribution in [1.82, 2.24) is 19.9 Å². The molecule has 0 radical (unpaired) electrons. The second-order valence-electron chi connectivity index (χ2n) is 6.28. The van der Waals surface area contributed by atoms with Crippen LogP contribution in [0.4, 0.5) is 0 Å². The van der Waals surface area contributed by atoms with Crippen molar-refractivity contribution in [2.45, 2.75) is 31.3 Å². The Labute approximate surface area is 152 Å². The van der Waals surface area contributed by atoms with Gasteiger partial charge in [-0.2, -0.15) is 0 Å². The van der Waals surface area contributed by atoms with E-state index in [9.17, 15) is 0 Å². The topological polar surface area (TPSA) is 51.5 Å². The highest BCUT2D eigenvalue weighted by atomic mass is 32.2. The first kappa shape index (κ1) is 17.8. The maximum Gasteiger partial charge on any atom is 0.160 e. The summed E-state index contributed by atoms with van der Waals surface area (Å²) in [6.45, 7) is 5.13. The monoisotopic (exact) mass is 356 g/mol. The Bertz CT molecular complexity index is 846. The van der Waals surface area contributed by atoms with Crippen LogP contribution >= 0.6 is 11.8 Å². The molecule has 0 aliphatic carbocycles. The number of rotatable bonds is 7. The van der Waals surface area contributed by atoms with Crippen molar-refractivity contribution in [2.75, 3.05) is 13.4 Å². The standard InChI is InChI=1S/C19H24N4OS/c1-13(2)18(19-22-21-17-7-5-6-10-23(17)19)20-12-14-8-9-16(25-4)15(11-14)24-3/h5-11,13,18,20H,12H2,1-4H3/t18-/m1/s1. The van der Waals surface area contributed by atoms with Crippen LogP contribution in [0, 0.1) is 5.92 Å². The average molecular weight is 356 g/mol. The summed E-state index contributed by atoms with van der Waals surface area (Å²) in [5, 5.41) is 12.3. The van der Waals surface area contributed by atoms with Gasteiger partial charge in [-0.3, -0.25) is 4.40 Å². The lowest BCUT2D eigenvalue weighted by Crippen LogP contribution is -2.27. The van der Waals surface area contributed by atoms with E-state index in [2.05, 4.69) is 58.2 Å². The minimum Gasteiger partial charge on any atom is -0.496 e. The predicted molar refractivity (Wildman–Crippen MR) is 102 cm³/mol. The van der Waals surface area contributed by atoms with Crippen LogP contribution in [0.2, 0.25) is 0 Å². The van der Waals surface area contributed by atoms with E-state index in [-0.39, 0.29) is 6.04 Å². The third-order valence-corrected chi connectivity index (χ3v) is 5.04. The van der Waals surface area contributed by atoms with Gasteiger partial charge in [-0.05, 0) is 42.0 Å². The fraction of sp³-hybridized carbons (Fsp3) is 0.368. The molecule has 1 aromatic carbocycles. The molecule has 0 unspecified atom stereocenters. The van der Waals surface area contributed by atoms with Crippen molar-refractivity contribution in [3.63, 3.8) is 0 Å². The van der Waals surface area contributed by atoms with Gasteiger partial charge in [-0.25, -0.2) is 0 Å². The summed E-state index contributed by atoms with van der Waals surface area (Å²) in [5.41, 5.74) is 2.06. The van der Waals surface area contributed by atoms with E-state index in [0.717, 1.165) is 28.7 Å². The molecule has 0 aliphatic heterocycles. The highest BCUT2D eigenvalue weighted by molar-refractivity contribution is 7.98. The first-order chi connectivity index (χ1) is 12.1. The molecule has 2 heterocycles. The van der Waals surface area contributed by atoms with E-state index >= 15 is 0 Å². The first-order valence-corrected chi connectivity index (χ1v) is 9.60. The molecular formula is C19H24N4OS. The summed E-state index contributed by atoms with van der Waals surface area (Å²) in [5.74, 6) is 2.25. The molecule has 5 nitrogen and oxygen atoms in total. The number of hydrogen-bond donors (Lipinski definition) is 1. The SMILES string of the molecule is COc1cc(CN[C@@H](c2nnc3ccccn23)C(C)C)ccc1SC. The van der Waals surface area contributed by atoms with Crippen LogP contribution in [-0.2, 0) is 6.54 Å². The number of thioether (sulfide) groups is 1. The van der Waals surface area contributed by atoms with Crippen LogP contribution < -0.4 is 10.1 Å². The van der Waals surface area contributed by atoms with Gasteiger partial charge in [0.05, 0.1) is 13.2 Å². The summed E-state index contributed by atoms with van der Waals surface area (Å²) in [7, 11) is 1.71. The van der Waals surface area contributed by atoms with Gasteiger partial charge in [-0.15, -0.1) is 22.0 Å². The number of methoxy groups -OCH3 is 1.